The van der Waals surface area contributed by atoms with E-state index in [1.165, 1.54) is 10.1 Å². The van der Waals surface area contributed by atoms with Crippen LogP contribution in [0.1, 0.15) is 28.4 Å². The molecule has 2 aromatic carbocycles. The smallest absolute Gasteiger partial charge is 0.408 e. The number of fused-ring (bicyclic) bond motifs is 1. The molecule has 3 rings (SSSR count). The van der Waals surface area contributed by atoms with E-state index < -0.39 is 11.9 Å². The lowest BCUT2D eigenvalue weighted by molar-refractivity contribution is 0.220. The van der Waals surface area contributed by atoms with Gasteiger partial charge in [0.2, 0.25) is 0 Å². The lowest BCUT2D eigenvalue weighted by Crippen LogP contribution is -2.08. The van der Waals surface area contributed by atoms with Gasteiger partial charge in [-0.2, -0.15) is 0 Å². The summed E-state index contributed by atoms with van der Waals surface area (Å²) in [4.78, 5) is 11.5. The van der Waals surface area contributed by atoms with E-state index in [0.29, 0.717) is 11.1 Å². The normalized spacial score (nSPS) is 12.8. The Morgan fingerprint density at radius 1 is 1.05 bits per heavy atom. The molecule has 1 atom stereocenters. The molecule has 0 aliphatic rings. The van der Waals surface area contributed by atoms with E-state index >= 15 is 0 Å². The van der Waals surface area contributed by atoms with Crippen LogP contribution in [-0.2, 0) is 7.05 Å². The zero-order valence-corrected chi connectivity index (χ0v) is 12.3. The Labute approximate surface area is 122 Å². The number of benzene rings is 2. The standard InChI is InChI=1S/C17H17NO3/c1-10-4-5-12(8-11(10)2)16(19)13-6-7-14-15(9-13)21-17(20)18(14)3/h4-9,16,19H,1-3H3. The zero-order valence-electron chi connectivity index (χ0n) is 12.3. The van der Waals surface area contributed by atoms with Crippen molar-refractivity contribution in [2.75, 3.05) is 0 Å². The Morgan fingerprint density at radius 3 is 2.43 bits per heavy atom. The first kappa shape index (κ1) is 13.6. The van der Waals surface area contributed by atoms with E-state index in [2.05, 4.69) is 0 Å². The number of hydrogen-bond acceptors (Lipinski definition) is 3. The first-order chi connectivity index (χ1) is 9.97. The molecule has 21 heavy (non-hydrogen) atoms. The highest BCUT2D eigenvalue weighted by atomic mass is 16.4. The molecule has 4 nitrogen and oxygen atoms in total. The Hall–Kier alpha value is -2.33. The summed E-state index contributed by atoms with van der Waals surface area (Å²) in [5.41, 5.74) is 5.07. The van der Waals surface area contributed by atoms with Crippen LogP contribution < -0.4 is 5.76 Å². The quantitative estimate of drug-likeness (QED) is 0.787. The fraction of sp³-hybridized carbons (Fsp3) is 0.235. The van der Waals surface area contributed by atoms with Gasteiger partial charge in [0.25, 0.3) is 0 Å². The maximum absolute atomic E-state index is 11.5. The minimum atomic E-state index is -0.737. The topological polar surface area (TPSA) is 55.4 Å². The fourth-order valence-corrected chi connectivity index (χ4v) is 2.45. The Balaban J connectivity index is 2.06. The molecular formula is C17H17NO3. The second-order valence-corrected chi connectivity index (χ2v) is 5.40. The van der Waals surface area contributed by atoms with Crippen molar-refractivity contribution in [1.29, 1.82) is 0 Å². The summed E-state index contributed by atoms with van der Waals surface area (Å²) < 4.78 is 6.61. The van der Waals surface area contributed by atoms with Crippen LogP contribution in [0.15, 0.2) is 45.6 Å². The average Bonchev–Trinajstić information content (AvgIpc) is 2.76. The highest BCUT2D eigenvalue weighted by Crippen LogP contribution is 2.26. The van der Waals surface area contributed by atoms with Gasteiger partial charge in [0.1, 0.15) is 6.10 Å². The van der Waals surface area contributed by atoms with Gasteiger partial charge < -0.3 is 9.52 Å². The molecule has 3 aromatic rings. The molecule has 1 heterocycles. The fourth-order valence-electron chi connectivity index (χ4n) is 2.45. The molecule has 0 amide bonds. The van der Waals surface area contributed by atoms with E-state index in [4.69, 9.17) is 4.42 Å². The first-order valence-corrected chi connectivity index (χ1v) is 6.82. The SMILES string of the molecule is Cc1ccc(C(O)c2ccc3c(c2)oc(=O)n3C)cc1C. The van der Waals surface area contributed by atoms with Gasteiger partial charge in [-0.3, -0.25) is 4.57 Å². The third-order valence-electron chi connectivity index (χ3n) is 3.98. The highest BCUT2D eigenvalue weighted by Gasteiger charge is 2.14. The van der Waals surface area contributed by atoms with Crippen LogP contribution in [0.25, 0.3) is 11.1 Å². The number of aryl methyl sites for hydroxylation is 3. The average molecular weight is 283 g/mol. The van der Waals surface area contributed by atoms with Gasteiger partial charge >= 0.3 is 5.76 Å². The Kier molecular flexibility index (Phi) is 3.18. The van der Waals surface area contributed by atoms with Crippen LogP contribution >= 0.6 is 0 Å². The third-order valence-corrected chi connectivity index (χ3v) is 3.98. The van der Waals surface area contributed by atoms with Gasteiger partial charge in [-0.1, -0.05) is 24.3 Å². The predicted molar refractivity (Wildman–Crippen MR) is 81.4 cm³/mol. The summed E-state index contributed by atoms with van der Waals surface area (Å²) in [5, 5.41) is 10.5. The number of oxazole rings is 1. The van der Waals surface area contributed by atoms with Crippen molar-refractivity contribution in [3.05, 3.63) is 69.2 Å². The molecule has 0 saturated carbocycles. The largest absolute Gasteiger partial charge is 0.419 e. The summed E-state index contributed by atoms with van der Waals surface area (Å²) in [5.74, 6) is -0.400. The number of aliphatic hydroxyl groups is 1. The third kappa shape index (κ3) is 2.28. The molecule has 0 radical (unpaired) electrons. The maximum Gasteiger partial charge on any atom is 0.419 e. The summed E-state index contributed by atoms with van der Waals surface area (Å²) >= 11 is 0. The first-order valence-electron chi connectivity index (χ1n) is 6.82. The molecule has 4 heteroatoms. The van der Waals surface area contributed by atoms with Gasteiger partial charge in [-0.15, -0.1) is 0 Å². The van der Waals surface area contributed by atoms with Gasteiger partial charge in [0.05, 0.1) is 5.52 Å². The number of hydrogen-bond donors (Lipinski definition) is 1. The van der Waals surface area contributed by atoms with Gasteiger partial charge in [-0.25, -0.2) is 4.79 Å². The number of nitrogens with zero attached hydrogens (tertiary/aromatic N) is 1. The van der Waals surface area contributed by atoms with Crippen LogP contribution in [0.4, 0.5) is 0 Å². The second-order valence-electron chi connectivity index (χ2n) is 5.40. The molecule has 0 bridgehead atoms. The van der Waals surface area contributed by atoms with Gasteiger partial charge in [0.15, 0.2) is 5.58 Å². The predicted octanol–water partition coefficient (Wildman–Crippen LogP) is 2.83. The van der Waals surface area contributed by atoms with Crippen LogP contribution in [0.3, 0.4) is 0 Å². The van der Waals surface area contributed by atoms with Crippen molar-refractivity contribution in [2.24, 2.45) is 7.05 Å². The summed E-state index contributed by atoms with van der Waals surface area (Å²) in [6.45, 7) is 4.06. The van der Waals surface area contributed by atoms with E-state index in [9.17, 15) is 9.90 Å². The molecule has 1 N–H and O–H groups in total. The van der Waals surface area contributed by atoms with E-state index in [1.807, 2.05) is 38.1 Å². The lowest BCUT2D eigenvalue weighted by atomic mass is 9.98. The monoisotopic (exact) mass is 283 g/mol. The minimum absolute atomic E-state index is 0.400. The Bertz CT molecular complexity index is 873. The van der Waals surface area contributed by atoms with Crippen LogP contribution in [0.5, 0.6) is 0 Å². The van der Waals surface area contributed by atoms with Crippen LogP contribution in [0, 0.1) is 13.8 Å². The van der Waals surface area contributed by atoms with E-state index in [1.54, 1.807) is 19.2 Å². The van der Waals surface area contributed by atoms with E-state index in [0.717, 1.165) is 16.6 Å². The maximum atomic E-state index is 11.5. The van der Waals surface area contributed by atoms with Crippen molar-refractivity contribution in [2.45, 2.75) is 20.0 Å². The van der Waals surface area contributed by atoms with E-state index in [-0.39, 0.29) is 0 Å². The van der Waals surface area contributed by atoms with Gasteiger partial charge in [-0.05, 0) is 48.2 Å². The van der Waals surface area contributed by atoms with Crippen molar-refractivity contribution in [3.63, 3.8) is 0 Å². The highest BCUT2D eigenvalue weighted by molar-refractivity contribution is 5.74. The number of aliphatic hydroxyl groups excluding tert-OH is 1. The summed E-state index contributed by atoms with van der Waals surface area (Å²) in [7, 11) is 1.66. The lowest BCUT2D eigenvalue weighted by Gasteiger charge is -2.13. The molecular weight excluding hydrogens is 266 g/mol. The van der Waals surface area contributed by atoms with Crippen molar-refractivity contribution in [3.8, 4) is 0 Å². The summed E-state index contributed by atoms with van der Waals surface area (Å²) in [6, 6.07) is 11.2. The number of aromatic nitrogens is 1. The van der Waals surface area contributed by atoms with Gasteiger partial charge in [0, 0.05) is 7.05 Å². The van der Waals surface area contributed by atoms with Crippen LogP contribution in [-0.4, -0.2) is 9.67 Å². The summed E-state index contributed by atoms with van der Waals surface area (Å²) in [6.07, 6.45) is -0.737. The van der Waals surface area contributed by atoms with Crippen molar-refractivity contribution in [1.82, 2.24) is 4.57 Å². The van der Waals surface area contributed by atoms with Crippen molar-refractivity contribution >= 4 is 11.1 Å². The number of rotatable bonds is 2. The molecule has 0 fully saturated rings. The molecule has 0 saturated heterocycles. The molecule has 0 aliphatic carbocycles. The van der Waals surface area contributed by atoms with Crippen LogP contribution in [0.2, 0.25) is 0 Å². The molecule has 1 aromatic heterocycles. The second kappa shape index (κ2) is 4.90. The Morgan fingerprint density at radius 2 is 1.71 bits per heavy atom. The molecule has 1 unspecified atom stereocenters. The molecule has 0 spiro atoms. The molecule has 108 valence electrons. The molecule has 0 aliphatic heterocycles. The minimum Gasteiger partial charge on any atom is -0.408 e. The van der Waals surface area contributed by atoms with Crippen molar-refractivity contribution < 1.29 is 9.52 Å². The zero-order chi connectivity index (χ0) is 15.1.